The van der Waals surface area contributed by atoms with Crippen LogP contribution in [-0.4, -0.2) is 33.8 Å². The van der Waals surface area contributed by atoms with Gasteiger partial charge in [-0.05, 0) is 25.8 Å². The Morgan fingerprint density at radius 3 is 2.81 bits per heavy atom. The van der Waals surface area contributed by atoms with Gasteiger partial charge in [-0.25, -0.2) is 13.8 Å². The first-order valence-electron chi connectivity index (χ1n) is 6.97. The minimum atomic E-state index is -0.942. The van der Waals surface area contributed by atoms with Crippen LogP contribution in [-0.2, 0) is 16.1 Å². The Hall–Kier alpha value is -1.82. The second-order valence-corrected chi connectivity index (χ2v) is 5.76. The Morgan fingerprint density at radius 1 is 1.29 bits per heavy atom. The number of carbonyl (C=O) groups is 2. The van der Waals surface area contributed by atoms with Crippen molar-refractivity contribution in [3.8, 4) is 0 Å². The monoisotopic (exact) mass is 294 g/mol. The number of halogens is 2. The van der Waals surface area contributed by atoms with E-state index in [2.05, 4.69) is 0 Å². The quantitative estimate of drug-likeness (QED) is 0.784. The molecule has 0 radical (unpaired) electrons. The average Bonchev–Trinajstić information content (AvgIpc) is 2.83. The van der Waals surface area contributed by atoms with Crippen molar-refractivity contribution in [2.24, 2.45) is 0 Å². The molecule has 0 saturated carbocycles. The van der Waals surface area contributed by atoms with E-state index < -0.39 is 17.2 Å². The third-order valence-corrected chi connectivity index (χ3v) is 4.45. The van der Waals surface area contributed by atoms with Crippen molar-refractivity contribution in [3.05, 3.63) is 35.4 Å². The molecule has 2 aliphatic heterocycles. The first kappa shape index (κ1) is 14.1. The predicted molar refractivity (Wildman–Crippen MR) is 70.9 cm³/mol. The largest absolute Gasteiger partial charge is 0.297 e. The van der Waals surface area contributed by atoms with Gasteiger partial charge in [-0.1, -0.05) is 12.1 Å². The van der Waals surface area contributed by atoms with Crippen LogP contribution in [0.4, 0.5) is 8.78 Å². The predicted octanol–water partition coefficient (Wildman–Crippen LogP) is 2.04. The Bertz CT molecular complexity index is 620. The van der Waals surface area contributed by atoms with Gasteiger partial charge in [0.05, 0.1) is 18.5 Å². The Morgan fingerprint density at radius 2 is 2.05 bits per heavy atom. The number of amides is 1. The SMILES string of the molecule is CC12CCCN1N(Cc1cccc(F)c1F)C(=O)CC2=O. The number of rotatable bonds is 2. The van der Waals surface area contributed by atoms with Crippen LogP contribution in [0, 0.1) is 11.6 Å². The van der Waals surface area contributed by atoms with E-state index in [0.29, 0.717) is 13.0 Å². The van der Waals surface area contributed by atoms with E-state index in [-0.39, 0.29) is 30.2 Å². The van der Waals surface area contributed by atoms with E-state index in [1.54, 1.807) is 5.01 Å². The van der Waals surface area contributed by atoms with Crippen LogP contribution < -0.4 is 0 Å². The smallest absolute Gasteiger partial charge is 0.244 e. The van der Waals surface area contributed by atoms with Crippen molar-refractivity contribution < 1.29 is 18.4 Å². The summed E-state index contributed by atoms with van der Waals surface area (Å²) in [5.74, 6) is -2.33. The van der Waals surface area contributed by atoms with Gasteiger partial charge >= 0.3 is 0 Å². The number of Topliss-reactive ketones (excluding diaryl/α,β-unsaturated/α-hetero) is 1. The van der Waals surface area contributed by atoms with Gasteiger partial charge in [0.25, 0.3) is 0 Å². The second-order valence-electron chi connectivity index (χ2n) is 5.76. The molecule has 0 aromatic heterocycles. The van der Waals surface area contributed by atoms with Crippen LogP contribution in [0.3, 0.4) is 0 Å². The summed E-state index contributed by atoms with van der Waals surface area (Å²) < 4.78 is 27.1. The van der Waals surface area contributed by atoms with Crippen LogP contribution in [0.15, 0.2) is 18.2 Å². The normalized spacial score (nSPS) is 26.3. The van der Waals surface area contributed by atoms with Gasteiger partial charge in [0, 0.05) is 12.1 Å². The molecule has 1 atom stereocenters. The van der Waals surface area contributed by atoms with Crippen molar-refractivity contribution in [2.45, 2.75) is 38.3 Å². The number of hydrogen-bond acceptors (Lipinski definition) is 3. The van der Waals surface area contributed by atoms with E-state index in [1.807, 2.05) is 6.92 Å². The third kappa shape index (κ3) is 2.14. The molecule has 112 valence electrons. The van der Waals surface area contributed by atoms with Gasteiger partial charge < -0.3 is 0 Å². The number of ketones is 1. The second kappa shape index (κ2) is 4.87. The van der Waals surface area contributed by atoms with E-state index in [0.717, 1.165) is 12.5 Å². The highest BCUT2D eigenvalue weighted by Gasteiger charge is 2.51. The first-order chi connectivity index (χ1) is 9.93. The highest BCUT2D eigenvalue weighted by molar-refractivity contribution is 6.04. The summed E-state index contributed by atoms with van der Waals surface area (Å²) in [5, 5.41) is 3.11. The lowest BCUT2D eigenvalue weighted by Gasteiger charge is -2.45. The molecule has 3 rings (SSSR count). The van der Waals surface area contributed by atoms with Gasteiger partial charge in [-0.3, -0.25) is 14.6 Å². The lowest BCUT2D eigenvalue weighted by molar-refractivity contribution is -0.176. The number of hydrogen-bond donors (Lipinski definition) is 0. The van der Waals surface area contributed by atoms with Crippen molar-refractivity contribution in [1.29, 1.82) is 0 Å². The molecule has 6 heteroatoms. The van der Waals surface area contributed by atoms with Gasteiger partial charge in [-0.15, -0.1) is 0 Å². The topological polar surface area (TPSA) is 40.6 Å². The summed E-state index contributed by atoms with van der Waals surface area (Å²) in [5.41, 5.74) is -0.579. The summed E-state index contributed by atoms with van der Waals surface area (Å²) in [6, 6.07) is 3.91. The molecule has 4 nitrogen and oxygen atoms in total. The van der Waals surface area contributed by atoms with Gasteiger partial charge in [-0.2, -0.15) is 0 Å². The van der Waals surface area contributed by atoms with E-state index in [4.69, 9.17) is 0 Å². The zero-order valence-electron chi connectivity index (χ0n) is 11.7. The molecule has 1 aromatic rings. The van der Waals surface area contributed by atoms with Crippen molar-refractivity contribution >= 4 is 11.7 Å². The molecular formula is C15H16F2N2O2. The lowest BCUT2D eigenvalue weighted by atomic mass is 9.90. The molecule has 21 heavy (non-hydrogen) atoms. The van der Waals surface area contributed by atoms with Crippen LogP contribution in [0.5, 0.6) is 0 Å². The summed E-state index contributed by atoms with van der Waals surface area (Å²) in [4.78, 5) is 24.2. The molecule has 2 aliphatic rings. The molecule has 0 N–H and O–H groups in total. The molecule has 1 aromatic carbocycles. The van der Waals surface area contributed by atoms with Crippen LogP contribution in [0.1, 0.15) is 31.7 Å². The molecule has 1 amide bonds. The minimum absolute atomic E-state index is 0.0503. The summed E-state index contributed by atoms with van der Waals surface area (Å²) >= 11 is 0. The summed E-state index contributed by atoms with van der Waals surface area (Å²) in [7, 11) is 0. The molecule has 0 bridgehead atoms. The number of carbonyl (C=O) groups excluding carboxylic acids is 2. The Labute approximate surface area is 121 Å². The fraction of sp³-hybridized carbons (Fsp3) is 0.467. The fourth-order valence-electron chi connectivity index (χ4n) is 3.18. The number of nitrogens with zero attached hydrogens (tertiary/aromatic N) is 2. The number of hydrazine groups is 1. The van der Waals surface area contributed by atoms with Crippen molar-refractivity contribution in [1.82, 2.24) is 10.0 Å². The van der Waals surface area contributed by atoms with E-state index >= 15 is 0 Å². The van der Waals surface area contributed by atoms with Crippen LogP contribution >= 0.6 is 0 Å². The molecule has 0 aliphatic carbocycles. The zero-order chi connectivity index (χ0) is 15.2. The highest BCUT2D eigenvalue weighted by Crippen LogP contribution is 2.36. The van der Waals surface area contributed by atoms with E-state index in [9.17, 15) is 18.4 Å². The molecule has 0 spiro atoms. The van der Waals surface area contributed by atoms with E-state index in [1.165, 1.54) is 17.1 Å². The van der Waals surface area contributed by atoms with Gasteiger partial charge in [0.2, 0.25) is 5.91 Å². The van der Waals surface area contributed by atoms with Crippen molar-refractivity contribution in [3.63, 3.8) is 0 Å². The highest BCUT2D eigenvalue weighted by atomic mass is 19.2. The van der Waals surface area contributed by atoms with Gasteiger partial charge in [0.1, 0.15) is 0 Å². The molecule has 2 saturated heterocycles. The van der Waals surface area contributed by atoms with Crippen LogP contribution in [0.2, 0.25) is 0 Å². The molecule has 1 unspecified atom stereocenters. The van der Waals surface area contributed by atoms with Gasteiger partial charge in [0.15, 0.2) is 17.4 Å². The first-order valence-corrected chi connectivity index (χ1v) is 6.97. The number of fused-ring (bicyclic) bond motifs is 1. The summed E-state index contributed by atoms with van der Waals surface area (Å²) in [6.07, 6.45) is 1.31. The third-order valence-electron chi connectivity index (χ3n) is 4.45. The van der Waals surface area contributed by atoms with Crippen LogP contribution in [0.25, 0.3) is 0 Å². The zero-order valence-corrected chi connectivity index (χ0v) is 11.7. The Balaban J connectivity index is 1.92. The lowest BCUT2D eigenvalue weighted by Crippen LogP contribution is -2.62. The Kier molecular flexibility index (Phi) is 3.28. The maximum Gasteiger partial charge on any atom is 0.244 e. The molecule has 2 fully saturated rings. The average molecular weight is 294 g/mol. The molecule has 2 heterocycles. The molecular weight excluding hydrogens is 278 g/mol. The summed E-state index contributed by atoms with van der Waals surface area (Å²) in [6.45, 7) is 2.33. The standard InChI is InChI=1S/C15H16F2N2O2/c1-15-6-3-7-19(15)18(13(21)8-12(15)20)9-10-4-2-5-11(16)14(10)17/h2,4-5H,3,6-9H2,1H3. The fourth-order valence-corrected chi connectivity index (χ4v) is 3.18. The van der Waals surface area contributed by atoms with Crippen molar-refractivity contribution in [2.75, 3.05) is 6.54 Å². The maximum absolute atomic E-state index is 13.8. The number of benzene rings is 1. The minimum Gasteiger partial charge on any atom is -0.297 e. The maximum atomic E-state index is 13.8.